The first-order chi connectivity index (χ1) is 13.0. The van der Waals surface area contributed by atoms with Gasteiger partial charge in [0.1, 0.15) is 0 Å². The molecule has 2 heterocycles. The molecule has 1 N–H and O–H groups in total. The highest BCUT2D eigenvalue weighted by molar-refractivity contribution is 9.10. The molecule has 3 aromatic rings. The predicted molar refractivity (Wildman–Crippen MR) is 105 cm³/mol. The van der Waals surface area contributed by atoms with E-state index < -0.39 is 11.5 Å². The van der Waals surface area contributed by atoms with Crippen LogP contribution in [0.4, 0.5) is 5.69 Å². The Morgan fingerprint density at radius 2 is 2.04 bits per heavy atom. The summed E-state index contributed by atoms with van der Waals surface area (Å²) in [6.45, 7) is 6.19. The Morgan fingerprint density at radius 1 is 1.30 bits per heavy atom. The summed E-state index contributed by atoms with van der Waals surface area (Å²) in [5.74, 6) is -0.0984. The summed E-state index contributed by atoms with van der Waals surface area (Å²) < 4.78 is 6.06. The Bertz CT molecular complexity index is 1050. The number of fused-ring (bicyclic) bond motifs is 1. The molecule has 1 atom stereocenters. The molecule has 2 aromatic carbocycles. The highest BCUT2D eigenvalue weighted by atomic mass is 79.9. The molecule has 0 radical (unpaired) electrons. The van der Waals surface area contributed by atoms with Gasteiger partial charge in [-0.3, -0.25) is 4.79 Å². The number of hydrogen-bond donors (Lipinski definition) is 1. The molecule has 0 bridgehead atoms. The molecule has 4 rings (SSSR count). The van der Waals surface area contributed by atoms with Gasteiger partial charge in [0.15, 0.2) is 0 Å². The lowest BCUT2D eigenvalue weighted by molar-refractivity contribution is -0.130. The van der Waals surface area contributed by atoms with Crippen molar-refractivity contribution in [1.29, 1.82) is 0 Å². The van der Waals surface area contributed by atoms with E-state index in [0.29, 0.717) is 23.6 Å². The van der Waals surface area contributed by atoms with E-state index in [0.717, 1.165) is 10.0 Å². The molecule has 136 valence electrons. The molecule has 0 saturated heterocycles. The van der Waals surface area contributed by atoms with Crippen molar-refractivity contribution in [2.75, 3.05) is 11.4 Å². The minimum Gasteiger partial charge on any atom is -0.372 e. The Morgan fingerprint density at radius 3 is 2.74 bits per heavy atom. The van der Waals surface area contributed by atoms with Crippen LogP contribution >= 0.6 is 15.9 Å². The monoisotopic (exact) mass is 425 g/mol. The Labute approximate surface area is 164 Å². The van der Waals surface area contributed by atoms with E-state index in [1.165, 1.54) is 4.90 Å². The zero-order valence-electron chi connectivity index (χ0n) is 14.5. The van der Waals surface area contributed by atoms with E-state index in [9.17, 15) is 9.90 Å². The number of aromatic nitrogens is 2. The maximum absolute atomic E-state index is 13.0. The van der Waals surface area contributed by atoms with Crippen molar-refractivity contribution in [3.05, 3.63) is 71.0 Å². The fourth-order valence-electron chi connectivity index (χ4n) is 3.26. The maximum atomic E-state index is 13.0. The number of halogens is 1. The van der Waals surface area contributed by atoms with Crippen molar-refractivity contribution in [2.45, 2.75) is 12.5 Å². The summed E-state index contributed by atoms with van der Waals surface area (Å²) >= 11 is 3.40. The van der Waals surface area contributed by atoms with Gasteiger partial charge in [0.05, 0.1) is 11.3 Å². The molecule has 0 saturated carbocycles. The molecule has 1 aromatic heterocycles. The van der Waals surface area contributed by atoms with Gasteiger partial charge in [-0.25, -0.2) is 0 Å². The molecule has 0 fully saturated rings. The van der Waals surface area contributed by atoms with Crippen molar-refractivity contribution >= 4 is 33.1 Å². The first kappa shape index (κ1) is 17.6. The molecule has 7 heteroatoms. The SMILES string of the molecule is C=C(c1nc(-c2ccccc2)no1)C1(O)C(=O)N(CC)c2ccc(Br)cc21. The first-order valence-electron chi connectivity index (χ1n) is 8.40. The average Bonchev–Trinajstić information content (AvgIpc) is 3.25. The minimum absolute atomic E-state index is 0.0218. The van der Waals surface area contributed by atoms with Gasteiger partial charge in [0, 0.05) is 22.1 Å². The number of amides is 1. The van der Waals surface area contributed by atoms with E-state index in [2.05, 4.69) is 32.6 Å². The van der Waals surface area contributed by atoms with Crippen molar-refractivity contribution in [3.63, 3.8) is 0 Å². The second kappa shape index (κ2) is 6.44. The van der Waals surface area contributed by atoms with Gasteiger partial charge in [0.25, 0.3) is 11.8 Å². The number of carbonyl (C=O) groups is 1. The van der Waals surface area contributed by atoms with Crippen LogP contribution in [0.5, 0.6) is 0 Å². The van der Waals surface area contributed by atoms with Crippen LogP contribution in [0.1, 0.15) is 18.4 Å². The van der Waals surface area contributed by atoms with Crippen LogP contribution in [0.25, 0.3) is 17.0 Å². The van der Waals surface area contributed by atoms with Crippen molar-refractivity contribution in [3.8, 4) is 11.4 Å². The van der Waals surface area contributed by atoms with Gasteiger partial charge >= 0.3 is 0 Å². The zero-order chi connectivity index (χ0) is 19.2. The van der Waals surface area contributed by atoms with Crippen molar-refractivity contribution in [2.24, 2.45) is 0 Å². The second-order valence-corrected chi connectivity index (χ2v) is 7.10. The lowest BCUT2D eigenvalue weighted by Gasteiger charge is -2.22. The highest BCUT2D eigenvalue weighted by Gasteiger charge is 2.53. The predicted octanol–water partition coefficient (Wildman–Crippen LogP) is 3.77. The number of nitrogens with zero attached hydrogens (tertiary/aromatic N) is 3. The minimum atomic E-state index is -1.96. The highest BCUT2D eigenvalue weighted by Crippen LogP contribution is 2.47. The van der Waals surface area contributed by atoms with Crippen LogP contribution in [-0.2, 0) is 10.4 Å². The first-order valence-corrected chi connectivity index (χ1v) is 9.19. The van der Waals surface area contributed by atoms with Crippen LogP contribution in [0.15, 0.2) is 64.1 Å². The standard InChI is InChI=1S/C20H16BrN3O3/c1-3-24-16-10-9-14(21)11-15(16)20(26,19(24)25)12(2)18-22-17(23-27-18)13-7-5-4-6-8-13/h4-11,26H,2-3H2,1H3. The number of hydrogen-bond acceptors (Lipinski definition) is 5. The van der Waals surface area contributed by atoms with Crippen LogP contribution < -0.4 is 4.90 Å². The van der Waals surface area contributed by atoms with Gasteiger partial charge < -0.3 is 14.5 Å². The summed E-state index contributed by atoms with van der Waals surface area (Å²) in [6, 6.07) is 14.6. The third-order valence-electron chi connectivity index (χ3n) is 4.66. The summed E-state index contributed by atoms with van der Waals surface area (Å²) in [6.07, 6.45) is 0. The van der Waals surface area contributed by atoms with Crippen molar-refractivity contribution < 1.29 is 14.4 Å². The molecule has 0 aliphatic carbocycles. The molecular weight excluding hydrogens is 410 g/mol. The van der Waals surface area contributed by atoms with E-state index in [1.54, 1.807) is 12.1 Å². The summed E-state index contributed by atoms with van der Waals surface area (Å²) in [5.41, 5.74) is -0.0681. The summed E-state index contributed by atoms with van der Waals surface area (Å²) in [5, 5.41) is 15.4. The smallest absolute Gasteiger partial charge is 0.268 e. The molecule has 1 aliphatic heterocycles. The van der Waals surface area contributed by atoms with Gasteiger partial charge in [-0.15, -0.1) is 0 Å². The van der Waals surface area contributed by atoms with Crippen molar-refractivity contribution in [1.82, 2.24) is 10.1 Å². The molecule has 1 amide bonds. The molecular formula is C20H16BrN3O3. The quantitative estimate of drug-likeness (QED) is 0.687. The largest absolute Gasteiger partial charge is 0.372 e. The number of aliphatic hydroxyl groups is 1. The van der Waals surface area contributed by atoms with Crippen LogP contribution in [0.3, 0.4) is 0 Å². The van der Waals surface area contributed by atoms with Gasteiger partial charge in [-0.1, -0.05) is 58.0 Å². The third kappa shape index (κ3) is 2.62. The maximum Gasteiger partial charge on any atom is 0.268 e. The number of anilines is 1. The number of benzene rings is 2. The number of likely N-dealkylation sites (N-methyl/N-ethyl adjacent to an activating group) is 1. The van der Waals surface area contributed by atoms with E-state index in [4.69, 9.17) is 4.52 Å². The third-order valence-corrected chi connectivity index (χ3v) is 5.16. The van der Waals surface area contributed by atoms with Gasteiger partial charge in [0.2, 0.25) is 11.4 Å². The van der Waals surface area contributed by atoms with Crippen LogP contribution in [0.2, 0.25) is 0 Å². The molecule has 0 spiro atoms. The fourth-order valence-corrected chi connectivity index (χ4v) is 3.63. The topological polar surface area (TPSA) is 79.5 Å². The normalized spacial score (nSPS) is 18.6. The van der Waals surface area contributed by atoms with E-state index >= 15 is 0 Å². The average molecular weight is 426 g/mol. The number of carbonyl (C=O) groups excluding carboxylic acids is 1. The van der Waals surface area contributed by atoms with E-state index in [-0.39, 0.29) is 11.5 Å². The number of rotatable bonds is 4. The van der Waals surface area contributed by atoms with Crippen LogP contribution in [0, 0.1) is 0 Å². The zero-order valence-corrected chi connectivity index (χ0v) is 16.1. The van der Waals surface area contributed by atoms with Crippen LogP contribution in [-0.4, -0.2) is 27.7 Å². The molecule has 1 unspecified atom stereocenters. The lowest BCUT2D eigenvalue weighted by atomic mass is 9.88. The second-order valence-electron chi connectivity index (χ2n) is 6.19. The fraction of sp³-hybridized carbons (Fsp3) is 0.150. The Kier molecular flexibility index (Phi) is 4.20. The molecule has 1 aliphatic rings. The summed E-state index contributed by atoms with van der Waals surface area (Å²) in [4.78, 5) is 18.9. The van der Waals surface area contributed by atoms with Gasteiger partial charge in [-0.05, 0) is 25.1 Å². The molecule has 27 heavy (non-hydrogen) atoms. The van der Waals surface area contributed by atoms with Gasteiger partial charge in [-0.2, -0.15) is 4.98 Å². The lowest BCUT2D eigenvalue weighted by Crippen LogP contribution is -2.41. The molecule has 6 nitrogen and oxygen atoms in total. The Hall–Kier alpha value is -2.77. The Balaban J connectivity index is 1.79. The summed E-state index contributed by atoms with van der Waals surface area (Å²) in [7, 11) is 0. The van der Waals surface area contributed by atoms with E-state index in [1.807, 2.05) is 43.3 Å².